The van der Waals surface area contributed by atoms with E-state index in [9.17, 15) is 4.79 Å². The van der Waals surface area contributed by atoms with Crippen molar-refractivity contribution >= 4 is 11.7 Å². The molecule has 0 aliphatic carbocycles. The van der Waals surface area contributed by atoms with Gasteiger partial charge in [0.05, 0.1) is 19.8 Å². The van der Waals surface area contributed by atoms with Gasteiger partial charge in [-0.15, -0.1) is 0 Å². The molecule has 2 aromatic carbocycles. The molecule has 2 rings (SSSR count). The molecule has 0 fully saturated rings. The molecule has 0 saturated carbocycles. The van der Waals surface area contributed by atoms with Crippen molar-refractivity contribution in [1.82, 2.24) is 0 Å². The van der Waals surface area contributed by atoms with Crippen LogP contribution in [0.2, 0.25) is 0 Å². The molecule has 0 aromatic heterocycles. The van der Waals surface area contributed by atoms with E-state index in [1.165, 1.54) is 7.11 Å². The minimum atomic E-state index is -0.321. The van der Waals surface area contributed by atoms with Gasteiger partial charge in [-0.05, 0) is 61.7 Å². The molecule has 0 aliphatic rings. The lowest BCUT2D eigenvalue weighted by Crippen LogP contribution is -2.08. The highest BCUT2D eigenvalue weighted by Gasteiger charge is 2.10. The van der Waals surface area contributed by atoms with Gasteiger partial charge in [0.2, 0.25) is 0 Å². The standard InChI is InChI=1S/C19H23NO3/c1-12-10-17(11-13(2)18(12)22-4)20-14(3)15-6-8-16(9-7-15)19(21)23-5/h6-11,14,20H,1-5H3/t14-/m1/s1. The molecule has 0 heterocycles. The van der Waals surface area contributed by atoms with Crippen molar-refractivity contribution < 1.29 is 14.3 Å². The SMILES string of the molecule is COC(=O)c1ccc([C@@H](C)Nc2cc(C)c(OC)c(C)c2)cc1. The Morgan fingerprint density at radius 1 is 1.04 bits per heavy atom. The highest BCUT2D eigenvalue weighted by Crippen LogP contribution is 2.29. The minimum Gasteiger partial charge on any atom is -0.496 e. The molecule has 0 unspecified atom stereocenters. The zero-order chi connectivity index (χ0) is 17.0. The zero-order valence-corrected chi connectivity index (χ0v) is 14.3. The molecule has 2 aromatic rings. The van der Waals surface area contributed by atoms with E-state index in [0.29, 0.717) is 5.56 Å². The quantitative estimate of drug-likeness (QED) is 0.837. The Morgan fingerprint density at radius 2 is 1.61 bits per heavy atom. The van der Waals surface area contributed by atoms with Crippen molar-refractivity contribution in [1.29, 1.82) is 0 Å². The summed E-state index contributed by atoms with van der Waals surface area (Å²) >= 11 is 0. The Hall–Kier alpha value is -2.49. The van der Waals surface area contributed by atoms with E-state index in [1.807, 2.05) is 26.0 Å². The normalized spacial score (nSPS) is 11.7. The van der Waals surface area contributed by atoms with E-state index in [4.69, 9.17) is 9.47 Å². The van der Waals surface area contributed by atoms with Crippen LogP contribution >= 0.6 is 0 Å². The number of hydrogen-bond acceptors (Lipinski definition) is 4. The molecule has 0 aliphatic heterocycles. The fourth-order valence-corrected chi connectivity index (χ4v) is 2.71. The van der Waals surface area contributed by atoms with Gasteiger partial charge in [-0.3, -0.25) is 0 Å². The summed E-state index contributed by atoms with van der Waals surface area (Å²) in [4.78, 5) is 11.5. The van der Waals surface area contributed by atoms with E-state index >= 15 is 0 Å². The molecule has 0 radical (unpaired) electrons. The van der Waals surface area contributed by atoms with Gasteiger partial charge in [0.25, 0.3) is 0 Å². The lowest BCUT2D eigenvalue weighted by molar-refractivity contribution is 0.0600. The van der Waals surface area contributed by atoms with Crippen LogP contribution in [0.3, 0.4) is 0 Å². The first-order valence-electron chi connectivity index (χ1n) is 7.56. The Kier molecular flexibility index (Phi) is 5.27. The van der Waals surface area contributed by atoms with Gasteiger partial charge in [-0.25, -0.2) is 4.79 Å². The first kappa shape index (κ1) is 16.9. The third kappa shape index (κ3) is 3.83. The number of methoxy groups -OCH3 is 2. The molecule has 0 bridgehead atoms. The summed E-state index contributed by atoms with van der Waals surface area (Å²) in [6.45, 7) is 6.15. The number of aryl methyl sites for hydroxylation is 2. The summed E-state index contributed by atoms with van der Waals surface area (Å²) in [5.41, 5.74) is 4.90. The second-order valence-corrected chi connectivity index (χ2v) is 5.62. The smallest absolute Gasteiger partial charge is 0.337 e. The number of nitrogens with one attached hydrogen (secondary N) is 1. The van der Waals surface area contributed by atoms with Crippen LogP contribution in [0.4, 0.5) is 5.69 Å². The van der Waals surface area contributed by atoms with Crippen molar-refractivity contribution in [2.75, 3.05) is 19.5 Å². The fourth-order valence-electron chi connectivity index (χ4n) is 2.71. The largest absolute Gasteiger partial charge is 0.496 e. The molecule has 4 heteroatoms. The van der Waals surface area contributed by atoms with E-state index in [1.54, 1.807) is 19.2 Å². The van der Waals surface area contributed by atoms with E-state index in [-0.39, 0.29) is 12.0 Å². The number of benzene rings is 2. The average Bonchev–Trinajstić information content (AvgIpc) is 2.54. The van der Waals surface area contributed by atoms with E-state index in [2.05, 4.69) is 24.4 Å². The monoisotopic (exact) mass is 313 g/mol. The first-order chi connectivity index (χ1) is 11.0. The molecule has 4 nitrogen and oxygen atoms in total. The van der Waals surface area contributed by atoms with Gasteiger partial charge >= 0.3 is 5.97 Å². The molecule has 122 valence electrons. The second kappa shape index (κ2) is 7.18. The highest BCUT2D eigenvalue weighted by atomic mass is 16.5. The highest BCUT2D eigenvalue weighted by molar-refractivity contribution is 5.89. The van der Waals surface area contributed by atoms with Gasteiger partial charge in [0.15, 0.2) is 0 Å². The lowest BCUT2D eigenvalue weighted by Gasteiger charge is -2.18. The second-order valence-electron chi connectivity index (χ2n) is 5.62. The van der Waals surface area contributed by atoms with Crippen LogP contribution in [0.25, 0.3) is 0 Å². The fraction of sp³-hybridized carbons (Fsp3) is 0.316. The maximum absolute atomic E-state index is 11.5. The summed E-state index contributed by atoms with van der Waals surface area (Å²) < 4.78 is 10.1. The predicted octanol–water partition coefficient (Wildman–Crippen LogP) is 4.27. The van der Waals surface area contributed by atoms with Gasteiger partial charge in [0, 0.05) is 11.7 Å². The number of rotatable bonds is 5. The number of ether oxygens (including phenoxy) is 2. The number of anilines is 1. The molecule has 23 heavy (non-hydrogen) atoms. The molecular formula is C19H23NO3. The molecule has 1 N–H and O–H groups in total. The van der Waals surface area contributed by atoms with Crippen molar-refractivity contribution in [3.8, 4) is 5.75 Å². The number of carbonyl (C=O) groups is 1. The third-order valence-electron chi connectivity index (χ3n) is 3.88. The number of carbonyl (C=O) groups excluding carboxylic acids is 1. The van der Waals surface area contributed by atoms with Crippen LogP contribution in [0.1, 0.15) is 40.0 Å². The topological polar surface area (TPSA) is 47.6 Å². The average molecular weight is 313 g/mol. The molecule has 0 spiro atoms. The maximum Gasteiger partial charge on any atom is 0.337 e. The van der Waals surface area contributed by atoms with Crippen molar-refractivity contribution in [2.24, 2.45) is 0 Å². The Balaban J connectivity index is 2.15. The minimum absolute atomic E-state index is 0.119. The summed E-state index contributed by atoms with van der Waals surface area (Å²) in [6, 6.07) is 11.7. The van der Waals surface area contributed by atoms with Crippen molar-refractivity contribution in [3.05, 3.63) is 58.7 Å². The van der Waals surface area contributed by atoms with Crippen LogP contribution < -0.4 is 10.1 Å². The van der Waals surface area contributed by atoms with Crippen LogP contribution in [-0.2, 0) is 4.74 Å². The van der Waals surface area contributed by atoms with Crippen LogP contribution in [-0.4, -0.2) is 20.2 Å². The molecular weight excluding hydrogens is 290 g/mol. The lowest BCUT2D eigenvalue weighted by atomic mass is 10.0. The maximum atomic E-state index is 11.5. The number of hydrogen-bond donors (Lipinski definition) is 1. The Bertz CT molecular complexity index is 669. The van der Waals surface area contributed by atoms with E-state index in [0.717, 1.165) is 28.1 Å². The van der Waals surface area contributed by atoms with Crippen LogP contribution in [0.5, 0.6) is 5.75 Å². The zero-order valence-electron chi connectivity index (χ0n) is 14.3. The Labute approximate surface area is 137 Å². The summed E-state index contributed by atoms with van der Waals surface area (Å²) in [7, 11) is 3.07. The van der Waals surface area contributed by atoms with Crippen LogP contribution in [0.15, 0.2) is 36.4 Å². The molecule has 1 atom stereocenters. The van der Waals surface area contributed by atoms with E-state index < -0.39 is 0 Å². The van der Waals surface area contributed by atoms with Crippen molar-refractivity contribution in [2.45, 2.75) is 26.8 Å². The first-order valence-corrected chi connectivity index (χ1v) is 7.56. The summed E-state index contributed by atoms with van der Waals surface area (Å²) in [5, 5.41) is 3.48. The van der Waals surface area contributed by atoms with Crippen molar-refractivity contribution in [3.63, 3.8) is 0 Å². The van der Waals surface area contributed by atoms with Gasteiger partial charge in [-0.1, -0.05) is 12.1 Å². The molecule has 0 saturated heterocycles. The number of esters is 1. The summed E-state index contributed by atoms with van der Waals surface area (Å²) in [5.74, 6) is 0.601. The van der Waals surface area contributed by atoms with Gasteiger partial charge in [-0.2, -0.15) is 0 Å². The summed E-state index contributed by atoms with van der Waals surface area (Å²) in [6.07, 6.45) is 0. The van der Waals surface area contributed by atoms with Gasteiger partial charge in [0.1, 0.15) is 5.75 Å². The Morgan fingerprint density at radius 3 is 2.09 bits per heavy atom. The van der Waals surface area contributed by atoms with Crippen LogP contribution in [0, 0.1) is 13.8 Å². The van der Waals surface area contributed by atoms with Gasteiger partial charge < -0.3 is 14.8 Å². The predicted molar refractivity (Wildman–Crippen MR) is 92.3 cm³/mol. The third-order valence-corrected chi connectivity index (χ3v) is 3.88. The molecule has 0 amide bonds.